The molecule has 0 radical (unpaired) electrons. The van der Waals surface area contributed by atoms with Gasteiger partial charge in [0.1, 0.15) is 0 Å². The van der Waals surface area contributed by atoms with Crippen LogP contribution in [0.3, 0.4) is 0 Å². The number of methoxy groups -OCH3 is 1. The Morgan fingerprint density at radius 3 is 2.45 bits per heavy atom. The van der Waals surface area contributed by atoms with E-state index < -0.39 is 0 Å². The quantitative estimate of drug-likeness (QED) is 0.299. The summed E-state index contributed by atoms with van der Waals surface area (Å²) in [5, 5.41) is 6.59. The van der Waals surface area contributed by atoms with Crippen LogP contribution in [0.2, 0.25) is 0 Å². The summed E-state index contributed by atoms with van der Waals surface area (Å²) in [6, 6.07) is 4.04. The molecule has 0 spiro atoms. The number of rotatable bonds is 10. The molecule has 124 valence electrons. The highest BCUT2D eigenvalue weighted by atomic mass is 16.5. The van der Waals surface area contributed by atoms with E-state index in [4.69, 9.17) is 0 Å². The van der Waals surface area contributed by atoms with Crippen LogP contribution in [0.4, 0.5) is 0 Å². The summed E-state index contributed by atoms with van der Waals surface area (Å²) in [5.41, 5.74) is 0. The second-order valence-electron chi connectivity index (χ2n) is 5.09. The van der Waals surface area contributed by atoms with Gasteiger partial charge in [-0.15, -0.1) is 0 Å². The molecule has 0 fully saturated rings. The second kappa shape index (κ2) is 11.7. The molecule has 1 heterocycles. The first-order valence-corrected chi connectivity index (χ1v) is 7.88. The van der Waals surface area contributed by atoms with Crippen LogP contribution >= 0.6 is 0 Å². The Bertz CT molecular complexity index is 429. The zero-order valence-electron chi connectivity index (χ0n) is 13.7. The number of esters is 1. The third kappa shape index (κ3) is 8.34. The molecule has 0 aliphatic rings. The monoisotopic (exact) mass is 308 g/mol. The van der Waals surface area contributed by atoms with Crippen LogP contribution in [0.25, 0.3) is 0 Å². The molecule has 1 aromatic rings. The van der Waals surface area contributed by atoms with Gasteiger partial charge in [0.15, 0.2) is 5.96 Å². The molecule has 0 bridgehead atoms. The predicted octanol–water partition coefficient (Wildman–Crippen LogP) is 1.78. The van der Waals surface area contributed by atoms with Crippen LogP contribution in [0.15, 0.2) is 29.5 Å². The number of carbonyl (C=O) groups is 1. The minimum atomic E-state index is -0.120. The number of aromatic nitrogens is 1. The van der Waals surface area contributed by atoms with E-state index in [0.717, 1.165) is 51.3 Å². The summed E-state index contributed by atoms with van der Waals surface area (Å²) >= 11 is 0. The fourth-order valence-electron chi connectivity index (χ4n) is 2.10. The van der Waals surface area contributed by atoms with Crippen molar-refractivity contribution in [2.75, 3.05) is 27.2 Å². The van der Waals surface area contributed by atoms with Crippen molar-refractivity contribution in [2.24, 2.45) is 4.99 Å². The maximum absolute atomic E-state index is 11.0. The van der Waals surface area contributed by atoms with E-state index in [-0.39, 0.29) is 5.97 Å². The molecule has 22 heavy (non-hydrogen) atoms. The largest absolute Gasteiger partial charge is 0.469 e. The highest BCUT2D eigenvalue weighted by Crippen LogP contribution is 2.03. The van der Waals surface area contributed by atoms with Crippen LogP contribution in [-0.4, -0.2) is 43.7 Å². The van der Waals surface area contributed by atoms with Crippen molar-refractivity contribution in [3.63, 3.8) is 0 Å². The van der Waals surface area contributed by atoms with Gasteiger partial charge in [-0.3, -0.25) is 9.79 Å². The van der Waals surface area contributed by atoms with Crippen molar-refractivity contribution in [3.8, 4) is 0 Å². The van der Waals surface area contributed by atoms with Gasteiger partial charge < -0.3 is 19.9 Å². The van der Waals surface area contributed by atoms with Gasteiger partial charge in [0.2, 0.25) is 0 Å². The van der Waals surface area contributed by atoms with Crippen molar-refractivity contribution in [3.05, 3.63) is 24.5 Å². The zero-order valence-corrected chi connectivity index (χ0v) is 13.7. The summed E-state index contributed by atoms with van der Waals surface area (Å²) in [5.74, 6) is 0.715. The molecule has 0 saturated heterocycles. The predicted molar refractivity (Wildman–Crippen MR) is 88.9 cm³/mol. The van der Waals surface area contributed by atoms with Crippen LogP contribution in [0, 0.1) is 0 Å². The van der Waals surface area contributed by atoms with Gasteiger partial charge in [-0.2, -0.15) is 0 Å². The van der Waals surface area contributed by atoms with Gasteiger partial charge in [0.05, 0.1) is 7.11 Å². The van der Waals surface area contributed by atoms with Crippen LogP contribution in [-0.2, 0) is 16.1 Å². The van der Waals surface area contributed by atoms with E-state index in [0.29, 0.717) is 6.42 Å². The van der Waals surface area contributed by atoms with Gasteiger partial charge >= 0.3 is 5.97 Å². The molecule has 0 amide bonds. The Morgan fingerprint density at radius 1 is 1.09 bits per heavy atom. The number of guanidine groups is 1. The molecular formula is C16H28N4O2. The number of aliphatic imine (C=N–C) groups is 1. The van der Waals surface area contributed by atoms with Crippen LogP contribution < -0.4 is 10.6 Å². The van der Waals surface area contributed by atoms with Gasteiger partial charge in [0, 0.05) is 45.5 Å². The standard InChI is InChI=1S/C16H28N4O2/c1-17-16(19-11-14-20-12-7-8-13-20)18-10-6-4-3-5-9-15(21)22-2/h7-8,12-13H,3-6,9-11,14H2,1-2H3,(H2,17,18,19). The second-order valence-corrected chi connectivity index (χ2v) is 5.09. The third-order valence-electron chi connectivity index (χ3n) is 3.38. The fourth-order valence-corrected chi connectivity index (χ4v) is 2.10. The Kier molecular flexibility index (Phi) is 9.57. The molecule has 1 aromatic heterocycles. The lowest BCUT2D eigenvalue weighted by molar-refractivity contribution is -0.140. The van der Waals surface area contributed by atoms with E-state index >= 15 is 0 Å². The highest BCUT2D eigenvalue weighted by molar-refractivity contribution is 5.79. The molecule has 0 aliphatic carbocycles. The number of carbonyl (C=O) groups excluding carboxylic acids is 1. The summed E-state index contributed by atoms with van der Waals surface area (Å²) < 4.78 is 6.74. The van der Waals surface area contributed by atoms with E-state index in [2.05, 4.69) is 24.9 Å². The summed E-state index contributed by atoms with van der Waals surface area (Å²) in [6.07, 6.45) is 8.74. The molecule has 0 unspecified atom stereocenters. The summed E-state index contributed by atoms with van der Waals surface area (Å²) in [4.78, 5) is 15.2. The first-order chi connectivity index (χ1) is 10.8. The summed E-state index contributed by atoms with van der Waals surface area (Å²) in [6.45, 7) is 2.65. The lowest BCUT2D eigenvalue weighted by Gasteiger charge is -2.12. The van der Waals surface area contributed by atoms with Crippen molar-refractivity contribution in [1.29, 1.82) is 0 Å². The molecule has 0 saturated carbocycles. The van der Waals surface area contributed by atoms with E-state index in [1.165, 1.54) is 7.11 Å². The lowest BCUT2D eigenvalue weighted by atomic mass is 10.1. The Labute approximate surface area is 132 Å². The van der Waals surface area contributed by atoms with Gasteiger partial charge in [-0.05, 0) is 25.0 Å². The van der Waals surface area contributed by atoms with Gasteiger partial charge in [-0.25, -0.2) is 0 Å². The molecule has 6 heteroatoms. The number of hydrogen-bond acceptors (Lipinski definition) is 3. The minimum absolute atomic E-state index is 0.120. The average molecular weight is 308 g/mol. The van der Waals surface area contributed by atoms with Crippen molar-refractivity contribution in [2.45, 2.75) is 38.6 Å². The molecule has 0 aromatic carbocycles. The number of nitrogens with one attached hydrogen (secondary N) is 2. The third-order valence-corrected chi connectivity index (χ3v) is 3.38. The van der Waals surface area contributed by atoms with E-state index in [1.807, 2.05) is 24.5 Å². The maximum Gasteiger partial charge on any atom is 0.305 e. The first kappa shape index (κ1) is 18.1. The normalized spacial score (nSPS) is 11.3. The Hall–Kier alpha value is -1.98. The van der Waals surface area contributed by atoms with E-state index in [9.17, 15) is 4.79 Å². The van der Waals surface area contributed by atoms with Crippen LogP contribution in [0.5, 0.6) is 0 Å². The van der Waals surface area contributed by atoms with Crippen molar-refractivity contribution in [1.82, 2.24) is 15.2 Å². The SMILES string of the molecule is CN=C(NCCCCCCC(=O)OC)NCCn1cccc1. The molecule has 1 rings (SSSR count). The zero-order chi connectivity index (χ0) is 16.0. The number of hydrogen-bond donors (Lipinski definition) is 2. The number of ether oxygens (including phenoxy) is 1. The smallest absolute Gasteiger partial charge is 0.305 e. The molecule has 0 aliphatic heterocycles. The lowest BCUT2D eigenvalue weighted by Crippen LogP contribution is -2.39. The van der Waals surface area contributed by atoms with Crippen molar-refractivity contribution < 1.29 is 9.53 Å². The number of unbranched alkanes of at least 4 members (excludes halogenated alkanes) is 3. The Morgan fingerprint density at radius 2 is 1.77 bits per heavy atom. The molecular weight excluding hydrogens is 280 g/mol. The molecule has 0 atom stereocenters. The maximum atomic E-state index is 11.0. The topological polar surface area (TPSA) is 67.7 Å². The highest BCUT2D eigenvalue weighted by Gasteiger charge is 2.00. The number of nitrogens with zero attached hydrogens (tertiary/aromatic N) is 2. The van der Waals surface area contributed by atoms with Crippen LogP contribution in [0.1, 0.15) is 32.1 Å². The molecule has 2 N–H and O–H groups in total. The van der Waals surface area contributed by atoms with E-state index in [1.54, 1.807) is 7.05 Å². The average Bonchev–Trinajstić information content (AvgIpc) is 3.05. The van der Waals surface area contributed by atoms with Crippen molar-refractivity contribution >= 4 is 11.9 Å². The Balaban J connectivity index is 1.98. The van der Waals surface area contributed by atoms with Gasteiger partial charge in [-0.1, -0.05) is 12.8 Å². The summed E-state index contributed by atoms with van der Waals surface area (Å²) in [7, 11) is 3.21. The van der Waals surface area contributed by atoms with Gasteiger partial charge in [0.25, 0.3) is 0 Å². The molecule has 6 nitrogen and oxygen atoms in total. The first-order valence-electron chi connectivity index (χ1n) is 7.88. The fraction of sp³-hybridized carbons (Fsp3) is 0.625. The minimum Gasteiger partial charge on any atom is -0.469 e.